The molecule has 2 aromatic rings. The maximum absolute atomic E-state index is 10.9. The third-order valence-corrected chi connectivity index (χ3v) is 3.91. The maximum atomic E-state index is 10.9. The Bertz CT molecular complexity index is 567. The van der Waals surface area contributed by atoms with Gasteiger partial charge >= 0.3 is 5.97 Å². The Labute approximate surface area is 115 Å². The van der Waals surface area contributed by atoms with Gasteiger partial charge < -0.3 is 16.2 Å². The van der Waals surface area contributed by atoms with Crippen molar-refractivity contribution in [1.82, 2.24) is 0 Å². The molecule has 4 N–H and O–H groups in total. The number of anilines is 2. The van der Waals surface area contributed by atoms with Gasteiger partial charge in [-0.05, 0) is 36.1 Å². The summed E-state index contributed by atoms with van der Waals surface area (Å²) in [5, 5.41) is 14.3. The first kappa shape index (κ1) is 13.4. The van der Waals surface area contributed by atoms with E-state index in [1.807, 2.05) is 11.4 Å². The van der Waals surface area contributed by atoms with Crippen molar-refractivity contribution in [1.29, 1.82) is 0 Å². The summed E-state index contributed by atoms with van der Waals surface area (Å²) < 4.78 is 0. The third kappa shape index (κ3) is 3.06. The standard InChI is InChI=1S/C14H16N2O2S/c1-2-11(13-4-3-7-19-13)16-12-6-5-9(14(17)18)8-10(12)15/h3-8,11,16H,2,15H2,1H3,(H,17,18). The van der Waals surface area contributed by atoms with Crippen LogP contribution < -0.4 is 11.1 Å². The van der Waals surface area contributed by atoms with Gasteiger partial charge in [0.1, 0.15) is 0 Å². The van der Waals surface area contributed by atoms with Crippen molar-refractivity contribution in [3.05, 3.63) is 46.2 Å². The first-order valence-corrected chi connectivity index (χ1v) is 6.92. The van der Waals surface area contributed by atoms with E-state index >= 15 is 0 Å². The molecule has 1 unspecified atom stereocenters. The summed E-state index contributed by atoms with van der Waals surface area (Å²) in [4.78, 5) is 12.1. The predicted molar refractivity (Wildman–Crippen MR) is 78.8 cm³/mol. The number of aromatic carboxylic acids is 1. The average molecular weight is 276 g/mol. The number of benzene rings is 1. The van der Waals surface area contributed by atoms with E-state index in [0.717, 1.165) is 12.1 Å². The number of nitrogens with one attached hydrogen (secondary N) is 1. The number of rotatable bonds is 5. The molecule has 5 heteroatoms. The molecule has 0 aliphatic heterocycles. The van der Waals surface area contributed by atoms with Crippen molar-refractivity contribution in [2.45, 2.75) is 19.4 Å². The molecule has 0 saturated carbocycles. The highest BCUT2D eigenvalue weighted by atomic mass is 32.1. The molecule has 0 aliphatic rings. The van der Waals surface area contributed by atoms with Gasteiger partial charge in [-0.3, -0.25) is 0 Å². The van der Waals surface area contributed by atoms with Gasteiger partial charge in [-0.15, -0.1) is 11.3 Å². The van der Waals surface area contributed by atoms with Gasteiger partial charge in [0.25, 0.3) is 0 Å². The zero-order chi connectivity index (χ0) is 13.8. The fourth-order valence-electron chi connectivity index (χ4n) is 1.88. The molecule has 0 aliphatic carbocycles. The Morgan fingerprint density at radius 3 is 2.79 bits per heavy atom. The highest BCUT2D eigenvalue weighted by Gasteiger charge is 2.12. The van der Waals surface area contributed by atoms with Crippen LogP contribution in [0.15, 0.2) is 35.7 Å². The minimum absolute atomic E-state index is 0.193. The van der Waals surface area contributed by atoms with Crippen LogP contribution in [-0.2, 0) is 0 Å². The molecule has 0 spiro atoms. The molecule has 1 heterocycles. The largest absolute Gasteiger partial charge is 0.478 e. The number of hydrogen-bond acceptors (Lipinski definition) is 4. The lowest BCUT2D eigenvalue weighted by Crippen LogP contribution is -2.10. The van der Waals surface area contributed by atoms with Crippen molar-refractivity contribution < 1.29 is 9.90 Å². The molecule has 100 valence electrons. The number of nitrogens with two attached hydrogens (primary N) is 1. The van der Waals surface area contributed by atoms with E-state index in [4.69, 9.17) is 10.8 Å². The summed E-state index contributed by atoms with van der Waals surface area (Å²) in [6, 6.07) is 9.04. The van der Waals surface area contributed by atoms with Crippen LogP contribution in [0.5, 0.6) is 0 Å². The van der Waals surface area contributed by atoms with Crippen molar-refractivity contribution in [3.63, 3.8) is 0 Å². The van der Waals surface area contributed by atoms with Gasteiger partial charge in [-0.25, -0.2) is 4.79 Å². The molecule has 2 rings (SSSR count). The molecule has 1 aromatic heterocycles. The maximum Gasteiger partial charge on any atom is 0.335 e. The van der Waals surface area contributed by atoms with Crippen LogP contribution in [0.2, 0.25) is 0 Å². The van der Waals surface area contributed by atoms with E-state index < -0.39 is 5.97 Å². The van der Waals surface area contributed by atoms with Crippen molar-refractivity contribution in [2.24, 2.45) is 0 Å². The number of hydrogen-bond donors (Lipinski definition) is 3. The normalized spacial score (nSPS) is 12.1. The smallest absolute Gasteiger partial charge is 0.335 e. The van der Waals surface area contributed by atoms with Gasteiger partial charge in [0, 0.05) is 4.88 Å². The van der Waals surface area contributed by atoms with E-state index in [-0.39, 0.29) is 11.6 Å². The Morgan fingerprint density at radius 1 is 1.47 bits per heavy atom. The minimum Gasteiger partial charge on any atom is -0.478 e. The molecule has 19 heavy (non-hydrogen) atoms. The lowest BCUT2D eigenvalue weighted by Gasteiger charge is -2.18. The molecular weight excluding hydrogens is 260 g/mol. The van der Waals surface area contributed by atoms with Gasteiger partial charge in [-0.2, -0.15) is 0 Å². The van der Waals surface area contributed by atoms with Gasteiger partial charge in [0.2, 0.25) is 0 Å². The second-order valence-corrected chi connectivity index (χ2v) is 5.21. The number of thiophene rings is 1. The lowest BCUT2D eigenvalue weighted by atomic mass is 10.1. The molecule has 0 saturated heterocycles. The van der Waals surface area contributed by atoms with E-state index in [2.05, 4.69) is 18.3 Å². The summed E-state index contributed by atoms with van der Waals surface area (Å²) in [5.41, 5.74) is 7.32. The first-order valence-electron chi connectivity index (χ1n) is 6.04. The number of carboxylic acids is 1. The second kappa shape index (κ2) is 5.75. The number of carbonyl (C=O) groups is 1. The van der Waals surface area contributed by atoms with Crippen LogP contribution in [0.1, 0.15) is 34.6 Å². The van der Waals surface area contributed by atoms with Crippen LogP contribution in [0.3, 0.4) is 0 Å². The molecule has 0 radical (unpaired) electrons. The molecule has 0 bridgehead atoms. The quantitative estimate of drug-likeness (QED) is 0.729. The lowest BCUT2D eigenvalue weighted by molar-refractivity contribution is 0.0697. The molecule has 0 amide bonds. The fraction of sp³-hybridized carbons (Fsp3) is 0.214. The topological polar surface area (TPSA) is 75.3 Å². The summed E-state index contributed by atoms with van der Waals surface area (Å²) >= 11 is 1.69. The van der Waals surface area contributed by atoms with E-state index in [0.29, 0.717) is 5.69 Å². The van der Waals surface area contributed by atoms with Gasteiger partial charge in [0.15, 0.2) is 0 Å². The molecule has 1 aromatic carbocycles. The Hall–Kier alpha value is -2.01. The highest BCUT2D eigenvalue weighted by Crippen LogP contribution is 2.29. The molecule has 0 fully saturated rings. The Morgan fingerprint density at radius 2 is 2.26 bits per heavy atom. The molecular formula is C14H16N2O2S. The summed E-state index contributed by atoms with van der Waals surface area (Å²) in [7, 11) is 0. The monoisotopic (exact) mass is 276 g/mol. The SMILES string of the molecule is CCC(Nc1ccc(C(=O)O)cc1N)c1cccs1. The van der Waals surface area contributed by atoms with Crippen LogP contribution in [0.4, 0.5) is 11.4 Å². The van der Waals surface area contributed by atoms with E-state index in [1.54, 1.807) is 23.5 Å². The van der Waals surface area contributed by atoms with Crippen LogP contribution in [0.25, 0.3) is 0 Å². The molecule has 1 atom stereocenters. The molecule has 4 nitrogen and oxygen atoms in total. The van der Waals surface area contributed by atoms with E-state index in [9.17, 15) is 4.79 Å². The van der Waals surface area contributed by atoms with Gasteiger partial charge in [-0.1, -0.05) is 13.0 Å². The van der Waals surface area contributed by atoms with Gasteiger partial charge in [0.05, 0.1) is 23.0 Å². The fourth-order valence-corrected chi connectivity index (χ4v) is 2.74. The van der Waals surface area contributed by atoms with Crippen LogP contribution in [-0.4, -0.2) is 11.1 Å². The zero-order valence-electron chi connectivity index (χ0n) is 10.6. The highest BCUT2D eigenvalue weighted by molar-refractivity contribution is 7.10. The first-order chi connectivity index (χ1) is 9.11. The predicted octanol–water partition coefficient (Wildman–Crippen LogP) is 3.59. The summed E-state index contributed by atoms with van der Waals surface area (Å²) in [5.74, 6) is -0.969. The average Bonchev–Trinajstić information content (AvgIpc) is 2.91. The van der Waals surface area contributed by atoms with Crippen LogP contribution >= 0.6 is 11.3 Å². The minimum atomic E-state index is -0.969. The number of carboxylic acid groups (broad SMARTS) is 1. The Balaban J connectivity index is 2.21. The van der Waals surface area contributed by atoms with Crippen LogP contribution in [0, 0.1) is 0 Å². The van der Waals surface area contributed by atoms with Crippen molar-refractivity contribution in [3.8, 4) is 0 Å². The Kier molecular flexibility index (Phi) is 4.06. The zero-order valence-corrected chi connectivity index (χ0v) is 11.4. The number of nitrogen functional groups attached to an aromatic ring is 1. The summed E-state index contributed by atoms with van der Waals surface area (Å²) in [6.07, 6.45) is 0.931. The summed E-state index contributed by atoms with van der Waals surface area (Å²) in [6.45, 7) is 2.10. The third-order valence-electron chi connectivity index (χ3n) is 2.92. The van der Waals surface area contributed by atoms with Crippen molar-refractivity contribution in [2.75, 3.05) is 11.1 Å². The van der Waals surface area contributed by atoms with Crippen molar-refractivity contribution >= 4 is 28.7 Å². The second-order valence-electron chi connectivity index (χ2n) is 4.23. The van der Waals surface area contributed by atoms with E-state index in [1.165, 1.54) is 10.9 Å².